The maximum atomic E-state index is 12.4. The van der Waals surface area contributed by atoms with Gasteiger partial charge in [-0.05, 0) is 35.4 Å². The minimum Gasteiger partial charge on any atom is -0.493 e. The van der Waals surface area contributed by atoms with Crippen molar-refractivity contribution in [2.75, 3.05) is 21.3 Å². The van der Waals surface area contributed by atoms with E-state index in [1.165, 1.54) is 0 Å². The number of carboxylic acid groups (broad SMARTS) is 1. The molecule has 0 atom stereocenters. The van der Waals surface area contributed by atoms with Crippen molar-refractivity contribution in [1.82, 2.24) is 4.98 Å². The van der Waals surface area contributed by atoms with E-state index in [1.54, 1.807) is 45.6 Å². The van der Waals surface area contributed by atoms with Crippen LogP contribution in [0.1, 0.15) is 21.6 Å². The molecule has 6 nitrogen and oxygen atoms in total. The third-order valence-corrected chi connectivity index (χ3v) is 5.32. The van der Waals surface area contributed by atoms with Crippen molar-refractivity contribution in [2.45, 2.75) is 0 Å². The number of carbonyl (C=O) groups is 1. The lowest BCUT2D eigenvalue weighted by Crippen LogP contribution is -2.06. The van der Waals surface area contributed by atoms with Crippen LogP contribution in [0.15, 0.2) is 66.7 Å². The van der Waals surface area contributed by atoms with E-state index in [4.69, 9.17) is 14.2 Å². The van der Waals surface area contributed by atoms with Crippen LogP contribution < -0.4 is 14.2 Å². The number of benzene rings is 3. The van der Waals surface area contributed by atoms with Crippen molar-refractivity contribution in [2.24, 2.45) is 0 Å². The van der Waals surface area contributed by atoms with Crippen LogP contribution in [-0.2, 0) is 0 Å². The highest BCUT2D eigenvalue weighted by Gasteiger charge is 2.20. The van der Waals surface area contributed by atoms with Gasteiger partial charge in [-0.15, -0.1) is 0 Å². The summed E-state index contributed by atoms with van der Waals surface area (Å²) in [7, 11) is 4.63. The molecular weight excluding hydrogens is 418 g/mol. The Morgan fingerprint density at radius 1 is 0.848 bits per heavy atom. The standard InChI is InChI=1S/C27H23NO5/c1-31-22-15-17(16-23(32-2)26(22)33-3)13-14-21-25(27(29)30)24(18-9-5-4-6-10-18)19-11-7-8-12-20(19)28-21/h4-16H,1-3H3,(H,29,30)/b14-13-. The van der Waals surface area contributed by atoms with E-state index in [0.717, 1.165) is 16.5 Å². The fraction of sp³-hybridized carbons (Fsp3) is 0.111. The van der Waals surface area contributed by atoms with Crippen molar-refractivity contribution in [3.8, 4) is 28.4 Å². The maximum absolute atomic E-state index is 12.4. The summed E-state index contributed by atoms with van der Waals surface area (Å²) in [6, 6.07) is 20.6. The number of aromatic nitrogens is 1. The van der Waals surface area contributed by atoms with Gasteiger partial charge in [-0.2, -0.15) is 0 Å². The van der Waals surface area contributed by atoms with Crippen molar-refractivity contribution in [3.63, 3.8) is 0 Å². The van der Waals surface area contributed by atoms with Gasteiger partial charge in [0, 0.05) is 10.9 Å². The smallest absolute Gasteiger partial charge is 0.338 e. The first-order valence-electron chi connectivity index (χ1n) is 10.3. The first-order chi connectivity index (χ1) is 16.1. The predicted molar refractivity (Wildman–Crippen MR) is 129 cm³/mol. The summed E-state index contributed by atoms with van der Waals surface area (Å²) >= 11 is 0. The van der Waals surface area contributed by atoms with Crippen molar-refractivity contribution in [3.05, 3.63) is 83.6 Å². The molecule has 1 N–H and O–H groups in total. The van der Waals surface area contributed by atoms with Gasteiger partial charge in [0.25, 0.3) is 0 Å². The van der Waals surface area contributed by atoms with Gasteiger partial charge in [-0.25, -0.2) is 9.78 Å². The Balaban J connectivity index is 1.93. The van der Waals surface area contributed by atoms with Crippen LogP contribution in [0.5, 0.6) is 17.2 Å². The van der Waals surface area contributed by atoms with Crippen LogP contribution in [0.25, 0.3) is 34.2 Å². The summed E-state index contributed by atoms with van der Waals surface area (Å²) in [6.07, 6.45) is 3.48. The summed E-state index contributed by atoms with van der Waals surface area (Å²) in [5.41, 5.74) is 3.41. The SMILES string of the molecule is COc1cc(/C=C\c2nc3ccccc3c(-c3ccccc3)c2C(=O)O)cc(OC)c1OC. The number of carboxylic acids is 1. The van der Waals surface area contributed by atoms with Crippen LogP contribution in [0.3, 0.4) is 0 Å². The summed E-state index contributed by atoms with van der Waals surface area (Å²) in [5.74, 6) is 0.452. The van der Waals surface area contributed by atoms with Crippen LogP contribution in [-0.4, -0.2) is 37.4 Å². The average Bonchev–Trinajstić information content (AvgIpc) is 2.86. The van der Waals surface area contributed by atoms with Crippen molar-refractivity contribution >= 4 is 29.0 Å². The molecule has 0 fully saturated rings. The second-order valence-corrected chi connectivity index (χ2v) is 7.23. The molecule has 0 saturated carbocycles. The molecule has 1 heterocycles. The summed E-state index contributed by atoms with van der Waals surface area (Å²) in [6.45, 7) is 0. The molecule has 0 aliphatic carbocycles. The van der Waals surface area contributed by atoms with E-state index >= 15 is 0 Å². The van der Waals surface area contributed by atoms with Crippen molar-refractivity contribution < 1.29 is 24.1 Å². The lowest BCUT2D eigenvalue weighted by atomic mass is 9.94. The maximum Gasteiger partial charge on any atom is 0.338 e. The summed E-state index contributed by atoms with van der Waals surface area (Å²) in [4.78, 5) is 17.1. The highest BCUT2D eigenvalue weighted by atomic mass is 16.5. The second-order valence-electron chi connectivity index (χ2n) is 7.23. The first kappa shape index (κ1) is 21.9. The number of hydrogen-bond acceptors (Lipinski definition) is 5. The Labute approximate surface area is 191 Å². The van der Waals surface area contributed by atoms with E-state index in [9.17, 15) is 9.90 Å². The highest BCUT2D eigenvalue weighted by Crippen LogP contribution is 2.39. The molecule has 0 saturated heterocycles. The largest absolute Gasteiger partial charge is 0.493 e. The van der Waals surface area contributed by atoms with E-state index in [2.05, 4.69) is 4.98 Å². The van der Waals surface area contributed by atoms with E-state index in [0.29, 0.717) is 34.0 Å². The number of pyridine rings is 1. The van der Waals surface area contributed by atoms with Gasteiger partial charge < -0.3 is 19.3 Å². The average molecular weight is 441 g/mol. The molecule has 0 unspecified atom stereocenters. The Morgan fingerprint density at radius 3 is 2.09 bits per heavy atom. The number of fused-ring (bicyclic) bond motifs is 1. The van der Waals surface area contributed by atoms with Gasteiger partial charge in [-0.1, -0.05) is 54.6 Å². The number of nitrogens with zero attached hydrogens (tertiary/aromatic N) is 1. The minimum absolute atomic E-state index is 0.142. The zero-order valence-electron chi connectivity index (χ0n) is 18.5. The number of para-hydroxylation sites is 1. The number of hydrogen-bond donors (Lipinski definition) is 1. The van der Waals surface area contributed by atoms with Gasteiger partial charge in [0.1, 0.15) is 0 Å². The quantitative estimate of drug-likeness (QED) is 0.391. The lowest BCUT2D eigenvalue weighted by Gasteiger charge is -2.14. The molecule has 0 spiro atoms. The molecule has 33 heavy (non-hydrogen) atoms. The van der Waals surface area contributed by atoms with Crippen LogP contribution in [0.4, 0.5) is 0 Å². The van der Waals surface area contributed by atoms with Gasteiger partial charge in [-0.3, -0.25) is 0 Å². The molecule has 0 aliphatic heterocycles. The molecule has 0 aliphatic rings. The van der Waals surface area contributed by atoms with Crippen molar-refractivity contribution in [1.29, 1.82) is 0 Å². The number of aromatic carboxylic acids is 1. The second kappa shape index (κ2) is 9.44. The Kier molecular flexibility index (Phi) is 6.26. The van der Waals surface area contributed by atoms with E-state index in [-0.39, 0.29) is 5.56 Å². The van der Waals surface area contributed by atoms with Gasteiger partial charge in [0.2, 0.25) is 5.75 Å². The van der Waals surface area contributed by atoms with Gasteiger partial charge in [0.15, 0.2) is 11.5 Å². The lowest BCUT2D eigenvalue weighted by molar-refractivity contribution is 0.0697. The molecule has 3 aromatic carbocycles. The third-order valence-electron chi connectivity index (χ3n) is 5.32. The molecule has 0 bridgehead atoms. The monoisotopic (exact) mass is 441 g/mol. The van der Waals surface area contributed by atoms with Crippen LogP contribution in [0.2, 0.25) is 0 Å². The predicted octanol–water partition coefficient (Wildman–Crippen LogP) is 5.80. The normalized spacial score (nSPS) is 11.0. The third kappa shape index (κ3) is 4.23. The number of rotatable bonds is 7. The minimum atomic E-state index is -1.04. The highest BCUT2D eigenvalue weighted by molar-refractivity contribution is 6.09. The molecular formula is C27H23NO5. The van der Waals surface area contributed by atoms with E-state index in [1.807, 2.05) is 54.6 Å². The molecule has 0 radical (unpaired) electrons. The molecule has 4 rings (SSSR count). The fourth-order valence-corrected chi connectivity index (χ4v) is 3.85. The Bertz CT molecular complexity index is 1320. The van der Waals surface area contributed by atoms with Gasteiger partial charge in [0.05, 0.1) is 38.1 Å². The molecule has 6 heteroatoms. The topological polar surface area (TPSA) is 77.9 Å². The number of ether oxygens (including phenoxy) is 3. The van der Waals surface area contributed by atoms with E-state index < -0.39 is 5.97 Å². The summed E-state index contributed by atoms with van der Waals surface area (Å²) < 4.78 is 16.2. The van der Waals surface area contributed by atoms with Crippen LogP contribution in [0, 0.1) is 0 Å². The Morgan fingerprint density at radius 2 is 1.48 bits per heavy atom. The zero-order chi connectivity index (χ0) is 23.4. The molecule has 0 amide bonds. The zero-order valence-corrected chi connectivity index (χ0v) is 18.5. The Hall–Kier alpha value is -4.32. The number of methoxy groups -OCH3 is 3. The molecule has 4 aromatic rings. The fourth-order valence-electron chi connectivity index (χ4n) is 3.85. The molecule has 1 aromatic heterocycles. The first-order valence-corrected chi connectivity index (χ1v) is 10.3. The molecule has 166 valence electrons. The van der Waals surface area contributed by atoms with Gasteiger partial charge >= 0.3 is 5.97 Å². The summed E-state index contributed by atoms with van der Waals surface area (Å²) in [5, 5.41) is 11.0. The van der Waals surface area contributed by atoms with Crippen LogP contribution >= 0.6 is 0 Å².